The zero-order chi connectivity index (χ0) is 15.0. The lowest BCUT2D eigenvalue weighted by atomic mass is 9.95. The van der Waals surface area contributed by atoms with E-state index in [1.54, 1.807) is 12.1 Å². The average molecular weight is 288 g/mol. The van der Waals surface area contributed by atoms with Crippen LogP contribution in [-0.4, -0.2) is 30.1 Å². The van der Waals surface area contributed by atoms with Gasteiger partial charge in [-0.2, -0.15) is 0 Å². The summed E-state index contributed by atoms with van der Waals surface area (Å²) in [6.45, 7) is 3.66. The van der Waals surface area contributed by atoms with Gasteiger partial charge in [-0.15, -0.1) is 0 Å². The standard InChI is InChI=1S/C16H20N2O3/c1-10-8-17-9-13(10)14(19)18-12-4-2-11(3-5-12)16(6-7-16)15(20)21/h2-5,10,13,17H,6-9H2,1H3,(H,18,19)(H,20,21)/t10-,13-/m1/s1. The molecule has 2 atom stereocenters. The largest absolute Gasteiger partial charge is 0.481 e. The van der Waals surface area contributed by atoms with E-state index in [2.05, 4.69) is 17.6 Å². The smallest absolute Gasteiger partial charge is 0.314 e. The van der Waals surface area contributed by atoms with E-state index < -0.39 is 11.4 Å². The SMILES string of the molecule is C[C@@H]1CNC[C@H]1C(=O)Nc1ccc(C2(C(=O)O)CC2)cc1. The number of hydrogen-bond acceptors (Lipinski definition) is 3. The Hall–Kier alpha value is -1.88. The summed E-state index contributed by atoms with van der Waals surface area (Å²) in [6, 6.07) is 7.21. The maximum Gasteiger partial charge on any atom is 0.314 e. The summed E-state index contributed by atoms with van der Waals surface area (Å²) >= 11 is 0. The molecule has 1 aliphatic heterocycles. The molecule has 3 N–H and O–H groups in total. The third-order valence-electron chi connectivity index (χ3n) is 4.72. The first-order valence-electron chi connectivity index (χ1n) is 7.38. The Kier molecular flexibility index (Phi) is 3.45. The highest BCUT2D eigenvalue weighted by Crippen LogP contribution is 2.48. The molecular formula is C16H20N2O3. The molecule has 1 saturated heterocycles. The monoisotopic (exact) mass is 288 g/mol. The van der Waals surface area contributed by atoms with Crippen LogP contribution in [0.15, 0.2) is 24.3 Å². The van der Waals surface area contributed by atoms with Crippen LogP contribution < -0.4 is 10.6 Å². The lowest BCUT2D eigenvalue weighted by molar-refractivity contribution is -0.140. The number of benzene rings is 1. The zero-order valence-electron chi connectivity index (χ0n) is 12.1. The molecule has 1 aromatic rings. The lowest BCUT2D eigenvalue weighted by Gasteiger charge is -2.15. The predicted molar refractivity (Wildman–Crippen MR) is 79.1 cm³/mol. The number of aliphatic carboxylic acids is 1. The Balaban J connectivity index is 1.68. The van der Waals surface area contributed by atoms with Gasteiger partial charge < -0.3 is 15.7 Å². The van der Waals surface area contributed by atoms with Crippen molar-refractivity contribution in [3.05, 3.63) is 29.8 Å². The van der Waals surface area contributed by atoms with Gasteiger partial charge >= 0.3 is 5.97 Å². The van der Waals surface area contributed by atoms with Crippen molar-refractivity contribution in [2.24, 2.45) is 11.8 Å². The number of carboxylic acids is 1. The molecule has 0 spiro atoms. The minimum atomic E-state index is -0.759. The number of rotatable bonds is 4. The van der Waals surface area contributed by atoms with Crippen LogP contribution in [0.2, 0.25) is 0 Å². The highest BCUT2D eigenvalue weighted by molar-refractivity contribution is 5.93. The van der Waals surface area contributed by atoms with Crippen LogP contribution in [0.4, 0.5) is 5.69 Å². The van der Waals surface area contributed by atoms with Crippen molar-refractivity contribution in [3.8, 4) is 0 Å². The molecule has 2 fully saturated rings. The zero-order valence-corrected chi connectivity index (χ0v) is 12.1. The van der Waals surface area contributed by atoms with Gasteiger partial charge in [-0.05, 0) is 43.0 Å². The highest BCUT2D eigenvalue weighted by atomic mass is 16.4. The van der Waals surface area contributed by atoms with E-state index >= 15 is 0 Å². The van der Waals surface area contributed by atoms with E-state index in [9.17, 15) is 14.7 Å². The van der Waals surface area contributed by atoms with Crippen LogP contribution in [-0.2, 0) is 15.0 Å². The Morgan fingerprint density at radius 1 is 1.24 bits per heavy atom. The lowest BCUT2D eigenvalue weighted by Crippen LogP contribution is -2.27. The summed E-state index contributed by atoms with van der Waals surface area (Å²) in [6.07, 6.45) is 1.39. The summed E-state index contributed by atoms with van der Waals surface area (Å²) in [4.78, 5) is 23.5. The molecule has 1 saturated carbocycles. The van der Waals surface area contributed by atoms with Crippen molar-refractivity contribution >= 4 is 17.6 Å². The Bertz CT molecular complexity index is 563. The molecule has 112 valence electrons. The number of hydrogen-bond donors (Lipinski definition) is 3. The quantitative estimate of drug-likeness (QED) is 0.786. The average Bonchev–Trinajstić information content (AvgIpc) is 3.16. The van der Waals surface area contributed by atoms with Crippen LogP contribution in [0, 0.1) is 11.8 Å². The first-order chi connectivity index (χ1) is 10.0. The molecule has 21 heavy (non-hydrogen) atoms. The third-order valence-corrected chi connectivity index (χ3v) is 4.72. The van der Waals surface area contributed by atoms with Crippen LogP contribution in [0.5, 0.6) is 0 Å². The summed E-state index contributed by atoms with van der Waals surface area (Å²) in [5.74, 6) is -0.394. The van der Waals surface area contributed by atoms with E-state index in [1.807, 2.05) is 12.1 Å². The maximum atomic E-state index is 12.2. The minimum Gasteiger partial charge on any atom is -0.481 e. The Labute approximate surface area is 123 Å². The Morgan fingerprint density at radius 3 is 2.38 bits per heavy atom. The van der Waals surface area contributed by atoms with Crippen LogP contribution >= 0.6 is 0 Å². The number of carbonyl (C=O) groups excluding carboxylic acids is 1. The van der Waals surface area contributed by atoms with Crippen molar-refractivity contribution in [1.82, 2.24) is 5.32 Å². The van der Waals surface area contributed by atoms with Gasteiger partial charge in [-0.1, -0.05) is 19.1 Å². The van der Waals surface area contributed by atoms with E-state index in [1.165, 1.54) is 0 Å². The van der Waals surface area contributed by atoms with Crippen molar-refractivity contribution in [2.75, 3.05) is 18.4 Å². The van der Waals surface area contributed by atoms with E-state index in [0.717, 1.165) is 17.8 Å². The second-order valence-electron chi connectivity index (χ2n) is 6.20. The van der Waals surface area contributed by atoms with Crippen molar-refractivity contribution in [3.63, 3.8) is 0 Å². The van der Waals surface area contributed by atoms with Crippen molar-refractivity contribution in [1.29, 1.82) is 0 Å². The number of nitrogens with one attached hydrogen (secondary N) is 2. The molecule has 0 aromatic heterocycles. The fourth-order valence-corrected chi connectivity index (χ4v) is 3.02. The van der Waals surface area contributed by atoms with E-state index in [0.29, 0.717) is 25.3 Å². The molecule has 5 heteroatoms. The van der Waals surface area contributed by atoms with E-state index in [4.69, 9.17) is 0 Å². The molecule has 0 bridgehead atoms. The van der Waals surface area contributed by atoms with Gasteiger partial charge in [0.05, 0.1) is 11.3 Å². The molecule has 1 amide bonds. The fraction of sp³-hybridized carbons (Fsp3) is 0.500. The number of amides is 1. The van der Waals surface area contributed by atoms with Gasteiger partial charge in [0, 0.05) is 12.2 Å². The molecule has 0 unspecified atom stereocenters. The molecule has 1 heterocycles. The third kappa shape index (κ3) is 2.53. The van der Waals surface area contributed by atoms with Gasteiger partial charge in [0.1, 0.15) is 0 Å². The minimum absolute atomic E-state index is 0.00142. The molecule has 2 aliphatic rings. The molecule has 3 rings (SSSR count). The summed E-state index contributed by atoms with van der Waals surface area (Å²) in [5.41, 5.74) is 0.861. The fourth-order valence-electron chi connectivity index (χ4n) is 3.02. The molecule has 0 radical (unpaired) electrons. The molecule has 1 aromatic carbocycles. The predicted octanol–water partition coefficient (Wildman–Crippen LogP) is 1.60. The first-order valence-corrected chi connectivity index (χ1v) is 7.38. The summed E-state index contributed by atoms with van der Waals surface area (Å²) < 4.78 is 0. The topological polar surface area (TPSA) is 78.4 Å². The van der Waals surface area contributed by atoms with E-state index in [-0.39, 0.29) is 11.8 Å². The van der Waals surface area contributed by atoms with Crippen LogP contribution in [0.3, 0.4) is 0 Å². The van der Waals surface area contributed by atoms with Crippen LogP contribution in [0.1, 0.15) is 25.3 Å². The second-order valence-corrected chi connectivity index (χ2v) is 6.20. The normalized spacial score (nSPS) is 26.3. The van der Waals surface area contributed by atoms with Gasteiger partial charge in [0.15, 0.2) is 0 Å². The number of carbonyl (C=O) groups is 2. The van der Waals surface area contributed by atoms with Gasteiger partial charge in [-0.25, -0.2) is 0 Å². The number of anilines is 1. The summed E-state index contributed by atoms with van der Waals surface area (Å²) in [5, 5.41) is 15.4. The second kappa shape index (κ2) is 5.15. The highest BCUT2D eigenvalue weighted by Gasteiger charge is 2.51. The number of carboxylic acid groups (broad SMARTS) is 1. The first kappa shape index (κ1) is 14.1. The molecule has 5 nitrogen and oxygen atoms in total. The summed E-state index contributed by atoms with van der Waals surface area (Å²) in [7, 11) is 0. The molecule has 1 aliphatic carbocycles. The van der Waals surface area contributed by atoms with Gasteiger partial charge in [0.25, 0.3) is 0 Å². The van der Waals surface area contributed by atoms with Crippen molar-refractivity contribution < 1.29 is 14.7 Å². The van der Waals surface area contributed by atoms with Crippen molar-refractivity contribution in [2.45, 2.75) is 25.2 Å². The molecular weight excluding hydrogens is 268 g/mol. The van der Waals surface area contributed by atoms with Gasteiger partial charge in [0.2, 0.25) is 5.91 Å². The Morgan fingerprint density at radius 2 is 1.90 bits per heavy atom. The van der Waals surface area contributed by atoms with Gasteiger partial charge in [-0.3, -0.25) is 9.59 Å². The maximum absolute atomic E-state index is 12.2. The van der Waals surface area contributed by atoms with Crippen LogP contribution in [0.25, 0.3) is 0 Å².